The number of aliphatic imine (C=N–C) groups is 1. The van der Waals surface area contributed by atoms with Gasteiger partial charge in [0.1, 0.15) is 5.84 Å². The average molecular weight is 143 g/mol. The Hall–Kier alpha value is -1.06. The van der Waals surface area contributed by atoms with Gasteiger partial charge in [-0.15, -0.1) is 0 Å². The lowest BCUT2D eigenvalue weighted by molar-refractivity contribution is 0.397. The highest BCUT2D eigenvalue weighted by Crippen LogP contribution is 1.94. The maximum absolute atomic E-state index is 7.23. The van der Waals surface area contributed by atoms with E-state index in [4.69, 9.17) is 11.1 Å². The van der Waals surface area contributed by atoms with Crippen molar-refractivity contribution >= 4 is 11.9 Å². The summed E-state index contributed by atoms with van der Waals surface area (Å²) >= 11 is 0. The maximum atomic E-state index is 7.23. The molecule has 0 rings (SSSR count). The van der Waals surface area contributed by atoms with Crippen molar-refractivity contribution in [2.24, 2.45) is 16.6 Å². The minimum absolute atomic E-state index is 0.0405. The molecule has 0 saturated carbocycles. The number of hydrogen-bond donors (Lipinski definition) is 2. The van der Waals surface area contributed by atoms with Gasteiger partial charge in [0.15, 0.2) is 0 Å². The molecule has 0 aliphatic heterocycles. The number of amidine groups is 2. The molecule has 0 aromatic heterocycles. The van der Waals surface area contributed by atoms with Crippen LogP contribution in [-0.2, 0) is 4.74 Å². The van der Waals surface area contributed by atoms with Crippen molar-refractivity contribution in [1.82, 2.24) is 0 Å². The summed E-state index contributed by atoms with van der Waals surface area (Å²) in [5, 5.41) is 7.23. The Morgan fingerprint density at radius 2 is 2.10 bits per heavy atom. The monoisotopic (exact) mass is 143 g/mol. The van der Waals surface area contributed by atoms with Crippen LogP contribution in [-0.4, -0.2) is 19.0 Å². The van der Waals surface area contributed by atoms with E-state index in [-0.39, 0.29) is 17.8 Å². The molecule has 0 aromatic rings. The lowest BCUT2D eigenvalue weighted by Crippen LogP contribution is -2.17. The van der Waals surface area contributed by atoms with E-state index < -0.39 is 0 Å². The van der Waals surface area contributed by atoms with Crippen LogP contribution in [0.1, 0.15) is 13.8 Å². The van der Waals surface area contributed by atoms with Gasteiger partial charge in [0.25, 0.3) is 6.02 Å². The van der Waals surface area contributed by atoms with Crippen LogP contribution in [0.15, 0.2) is 4.99 Å². The van der Waals surface area contributed by atoms with Crippen LogP contribution in [0.25, 0.3) is 0 Å². The summed E-state index contributed by atoms with van der Waals surface area (Å²) in [5.41, 5.74) is 5.20. The van der Waals surface area contributed by atoms with Crippen molar-refractivity contribution in [2.45, 2.75) is 13.8 Å². The van der Waals surface area contributed by atoms with Crippen molar-refractivity contribution < 1.29 is 4.74 Å². The first kappa shape index (κ1) is 8.94. The third-order valence-corrected chi connectivity index (χ3v) is 0.987. The van der Waals surface area contributed by atoms with Crippen molar-refractivity contribution in [3.05, 3.63) is 0 Å². The molecule has 0 bridgehead atoms. The van der Waals surface area contributed by atoms with Crippen LogP contribution in [0.3, 0.4) is 0 Å². The Labute approximate surface area is 60.6 Å². The Morgan fingerprint density at radius 3 is 2.40 bits per heavy atom. The van der Waals surface area contributed by atoms with E-state index in [0.29, 0.717) is 0 Å². The smallest absolute Gasteiger partial charge is 0.288 e. The molecular weight excluding hydrogens is 130 g/mol. The zero-order valence-corrected chi connectivity index (χ0v) is 6.51. The van der Waals surface area contributed by atoms with Crippen LogP contribution >= 0.6 is 0 Å². The van der Waals surface area contributed by atoms with Crippen molar-refractivity contribution in [3.63, 3.8) is 0 Å². The van der Waals surface area contributed by atoms with E-state index in [0.717, 1.165) is 0 Å². The molecule has 0 radical (unpaired) electrons. The summed E-state index contributed by atoms with van der Waals surface area (Å²) in [6.07, 6.45) is 0. The van der Waals surface area contributed by atoms with E-state index in [9.17, 15) is 0 Å². The first-order valence-electron chi connectivity index (χ1n) is 3.04. The van der Waals surface area contributed by atoms with E-state index in [1.54, 1.807) is 0 Å². The van der Waals surface area contributed by atoms with Crippen molar-refractivity contribution in [3.8, 4) is 0 Å². The first-order valence-corrected chi connectivity index (χ1v) is 3.04. The summed E-state index contributed by atoms with van der Waals surface area (Å²) in [4.78, 5) is 3.65. The van der Waals surface area contributed by atoms with Gasteiger partial charge in [-0.1, -0.05) is 13.8 Å². The second kappa shape index (κ2) is 3.87. The Morgan fingerprint density at radius 1 is 1.60 bits per heavy atom. The molecule has 10 heavy (non-hydrogen) atoms. The Kier molecular flexibility index (Phi) is 3.46. The molecule has 0 aliphatic rings. The highest BCUT2D eigenvalue weighted by atomic mass is 16.5. The van der Waals surface area contributed by atoms with Gasteiger partial charge in [0, 0.05) is 5.92 Å². The highest BCUT2D eigenvalue weighted by Gasteiger charge is 2.00. The van der Waals surface area contributed by atoms with Gasteiger partial charge >= 0.3 is 0 Å². The van der Waals surface area contributed by atoms with Crippen LogP contribution in [0.4, 0.5) is 0 Å². The van der Waals surface area contributed by atoms with Crippen LogP contribution in [0.2, 0.25) is 0 Å². The van der Waals surface area contributed by atoms with Crippen LogP contribution < -0.4 is 5.73 Å². The number of ether oxygens (including phenoxy) is 1. The molecule has 0 aromatic carbocycles. The fourth-order valence-corrected chi connectivity index (χ4v) is 0.293. The zero-order chi connectivity index (χ0) is 8.15. The predicted molar refractivity (Wildman–Crippen MR) is 41.2 cm³/mol. The zero-order valence-electron chi connectivity index (χ0n) is 6.51. The molecule has 0 atom stereocenters. The molecule has 0 heterocycles. The van der Waals surface area contributed by atoms with E-state index in [1.165, 1.54) is 7.11 Å². The number of methoxy groups -OCH3 is 1. The van der Waals surface area contributed by atoms with Gasteiger partial charge < -0.3 is 10.5 Å². The van der Waals surface area contributed by atoms with Gasteiger partial charge in [-0.25, -0.2) is 0 Å². The van der Waals surface area contributed by atoms with Gasteiger partial charge in [-0.2, -0.15) is 4.99 Å². The van der Waals surface area contributed by atoms with Gasteiger partial charge in [-0.3, -0.25) is 5.41 Å². The third-order valence-electron chi connectivity index (χ3n) is 0.987. The van der Waals surface area contributed by atoms with Gasteiger partial charge in [0.2, 0.25) is 0 Å². The largest absolute Gasteiger partial charge is 0.468 e. The molecule has 0 spiro atoms. The Bertz CT molecular complexity index is 151. The average Bonchev–Trinajstić information content (AvgIpc) is 1.87. The molecule has 0 aliphatic carbocycles. The van der Waals surface area contributed by atoms with E-state index >= 15 is 0 Å². The first-order chi connectivity index (χ1) is 4.57. The fourth-order valence-electron chi connectivity index (χ4n) is 0.293. The SMILES string of the molecule is COC(N)=NC(=N)C(C)C. The molecular formula is C6H13N3O. The van der Waals surface area contributed by atoms with Crippen LogP contribution in [0.5, 0.6) is 0 Å². The number of rotatable bonds is 1. The molecule has 0 amide bonds. The fraction of sp³-hybridized carbons (Fsp3) is 0.667. The normalized spacial score (nSPS) is 11.8. The van der Waals surface area contributed by atoms with E-state index in [2.05, 4.69) is 9.73 Å². The molecule has 4 heteroatoms. The van der Waals surface area contributed by atoms with Crippen molar-refractivity contribution in [1.29, 1.82) is 5.41 Å². The lowest BCUT2D eigenvalue weighted by atomic mass is 10.2. The minimum atomic E-state index is 0.0405. The maximum Gasteiger partial charge on any atom is 0.288 e. The predicted octanol–water partition coefficient (Wildman–Crippen LogP) is 0.581. The molecule has 58 valence electrons. The highest BCUT2D eigenvalue weighted by molar-refractivity contribution is 5.92. The number of nitrogens with zero attached hydrogens (tertiary/aromatic N) is 1. The number of hydrogen-bond acceptors (Lipinski definition) is 2. The molecule has 0 fully saturated rings. The molecule has 4 nitrogen and oxygen atoms in total. The summed E-state index contributed by atoms with van der Waals surface area (Å²) in [6, 6.07) is 0.0405. The van der Waals surface area contributed by atoms with Crippen molar-refractivity contribution in [2.75, 3.05) is 7.11 Å². The number of nitrogens with two attached hydrogens (primary N) is 1. The number of nitrogens with one attached hydrogen (secondary N) is 1. The summed E-state index contributed by atoms with van der Waals surface area (Å²) < 4.78 is 4.56. The van der Waals surface area contributed by atoms with Gasteiger partial charge in [-0.05, 0) is 0 Å². The second-order valence-electron chi connectivity index (χ2n) is 2.19. The third kappa shape index (κ3) is 3.06. The molecule has 3 N–H and O–H groups in total. The van der Waals surface area contributed by atoms with E-state index in [1.807, 2.05) is 13.8 Å². The minimum Gasteiger partial charge on any atom is -0.468 e. The Balaban J connectivity index is 4.00. The second-order valence-corrected chi connectivity index (χ2v) is 2.19. The standard InChI is InChI=1S/C6H13N3O/c1-4(2)5(7)9-6(8)10-3/h4H,1-3H3,(H3,7,8,9). The molecule has 0 saturated heterocycles. The quantitative estimate of drug-likeness (QED) is 0.416. The lowest BCUT2D eigenvalue weighted by Gasteiger charge is -2.01. The summed E-state index contributed by atoms with van der Waals surface area (Å²) in [7, 11) is 1.42. The summed E-state index contributed by atoms with van der Waals surface area (Å²) in [6.45, 7) is 3.74. The van der Waals surface area contributed by atoms with Gasteiger partial charge in [0.05, 0.1) is 7.11 Å². The van der Waals surface area contributed by atoms with Crippen LogP contribution in [0, 0.1) is 11.3 Å². The topological polar surface area (TPSA) is 71.5 Å². The summed E-state index contributed by atoms with van der Waals surface area (Å²) in [5.74, 6) is 0.327. The molecule has 0 unspecified atom stereocenters.